The molecule has 0 heterocycles. The number of aliphatic hydroxyl groups is 1. The minimum Gasteiger partial charge on any atom is -0.495 e. The number of benzene rings is 2. The molecule has 0 saturated carbocycles. The number of nitrogens with one attached hydrogen (secondary N) is 2. The van der Waals surface area contributed by atoms with Crippen LogP contribution in [0.3, 0.4) is 0 Å². The summed E-state index contributed by atoms with van der Waals surface area (Å²) in [6.45, 7) is 1.66. The van der Waals surface area contributed by atoms with E-state index in [9.17, 15) is 18.7 Å². The summed E-state index contributed by atoms with van der Waals surface area (Å²) in [4.78, 5) is 11.9. The van der Waals surface area contributed by atoms with Crippen LogP contribution >= 0.6 is 0 Å². The number of hydrogen-bond donors (Lipinski definition) is 3. The van der Waals surface area contributed by atoms with E-state index in [0.717, 1.165) is 17.7 Å². The van der Waals surface area contributed by atoms with Crippen molar-refractivity contribution in [3.05, 3.63) is 59.2 Å². The molecule has 1 unspecified atom stereocenters. The molecule has 0 spiro atoms. The largest absolute Gasteiger partial charge is 0.495 e. The number of aliphatic hydroxyl groups excluding tert-OH is 1. The van der Waals surface area contributed by atoms with Crippen molar-refractivity contribution in [2.75, 3.05) is 19.0 Å². The van der Waals surface area contributed by atoms with Crippen molar-refractivity contribution >= 4 is 11.7 Å². The molecular weight excluding hydrogens is 318 g/mol. The van der Waals surface area contributed by atoms with Crippen molar-refractivity contribution in [1.29, 1.82) is 0 Å². The highest BCUT2D eigenvalue weighted by Gasteiger charge is 2.15. The molecule has 0 aliphatic heterocycles. The predicted molar refractivity (Wildman–Crippen MR) is 86.1 cm³/mol. The molecule has 0 aliphatic rings. The SMILES string of the molecule is COc1cc(C)ccc1NC(=O)NCC(O)c1ccc(F)cc1F. The van der Waals surface area contributed by atoms with Crippen molar-refractivity contribution in [1.82, 2.24) is 5.32 Å². The summed E-state index contributed by atoms with van der Waals surface area (Å²) >= 11 is 0. The lowest BCUT2D eigenvalue weighted by Crippen LogP contribution is -2.32. The van der Waals surface area contributed by atoms with E-state index >= 15 is 0 Å². The summed E-state index contributed by atoms with van der Waals surface area (Å²) in [6, 6.07) is 7.52. The van der Waals surface area contributed by atoms with E-state index in [1.165, 1.54) is 7.11 Å². The average Bonchev–Trinajstić information content (AvgIpc) is 2.54. The first-order chi connectivity index (χ1) is 11.4. The molecule has 2 aromatic carbocycles. The summed E-state index contributed by atoms with van der Waals surface area (Å²) in [5.41, 5.74) is 1.34. The maximum Gasteiger partial charge on any atom is 0.319 e. The molecule has 24 heavy (non-hydrogen) atoms. The summed E-state index contributed by atoms with van der Waals surface area (Å²) in [7, 11) is 1.49. The van der Waals surface area contributed by atoms with Gasteiger partial charge in [-0.2, -0.15) is 0 Å². The molecule has 0 saturated heterocycles. The summed E-state index contributed by atoms with van der Waals surface area (Å²) < 4.78 is 31.6. The van der Waals surface area contributed by atoms with Gasteiger partial charge in [0.05, 0.1) is 18.9 Å². The molecule has 0 aromatic heterocycles. The van der Waals surface area contributed by atoms with Gasteiger partial charge < -0.3 is 20.5 Å². The Morgan fingerprint density at radius 3 is 2.67 bits per heavy atom. The first-order valence-corrected chi connectivity index (χ1v) is 7.23. The maximum atomic E-state index is 13.6. The zero-order valence-electron chi connectivity index (χ0n) is 13.3. The smallest absolute Gasteiger partial charge is 0.319 e. The molecule has 0 bridgehead atoms. The summed E-state index contributed by atoms with van der Waals surface area (Å²) in [6.07, 6.45) is -1.30. The van der Waals surface area contributed by atoms with Crippen LogP contribution in [0.2, 0.25) is 0 Å². The molecule has 0 radical (unpaired) electrons. The third-order valence-corrected chi connectivity index (χ3v) is 3.38. The number of carbonyl (C=O) groups excluding carboxylic acids is 1. The molecule has 5 nitrogen and oxygen atoms in total. The maximum absolute atomic E-state index is 13.6. The van der Waals surface area contributed by atoms with Gasteiger partial charge >= 0.3 is 6.03 Å². The fourth-order valence-corrected chi connectivity index (χ4v) is 2.14. The van der Waals surface area contributed by atoms with Crippen molar-refractivity contribution < 1.29 is 23.4 Å². The minimum atomic E-state index is -1.30. The van der Waals surface area contributed by atoms with Crippen LogP contribution in [0, 0.1) is 18.6 Å². The highest BCUT2D eigenvalue weighted by atomic mass is 19.1. The van der Waals surface area contributed by atoms with Crippen LogP contribution in [0.5, 0.6) is 5.75 Å². The Bertz CT molecular complexity index is 738. The molecule has 2 amide bonds. The lowest BCUT2D eigenvalue weighted by atomic mass is 10.1. The van der Waals surface area contributed by atoms with Gasteiger partial charge in [0.2, 0.25) is 0 Å². The number of anilines is 1. The molecule has 2 aromatic rings. The fraction of sp³-hybridized carbons (Fsp3) is 0.235. The van der Waals surface area contributed by atoms with Gasteiger partial charge in [-0.15, -0.1) is 0 Å². The number of hydrogen-bond acceptors (Lipinski definition) is 3. The second kappa shape index (κ2) is 7.74. The standard InChI is InChI=1S/C17H18F2N2O3/c1-10-3-6-14(16(7-10)24-2)21-17(23)20-9-15(22)12-5-4-11(18)8-13(12)19/h3-8,15,22H,9H2,1-2H3,(H2,20,21,23). The molecule has 128 valence electrons. The number of urea groups is 1. The van der Waals surface area contributed by atoms with E-state index in [1.807, 2.05) is 6.92 Å². The Hall–Kier alpha value is -2.67. The van der Waals surface area contributed by atoms with Gasteiger partial charge in [0, 0.05) is 18.2 Å². The van der Waals surface area contributed by atoms with Crippen LogP contribution in [0.15, 0.2) is 36.4 Å². The van der Waals surface area contributed by atoms with E-state index in [0.29, 0.717) is 17.5 Å². The fourth-order valence-electron chi connectivity index (χ4n) is 2.14. The van der Waals surface area contributed by atoms with Crippen molar-refractivity contribution in [2.24, 2.45) is 0 Å². The molecule has 2 rings (SSSR count). The molecule has 0 aliphatic carbocycles. The van der Waals surface area contributed by atoms with E-state index in [4.69, 9.17) is 4.74 Å². The van der Waals surface area contributed by atoms with Gasteiger partial charge in [-0.1, -0.05) is 12.1 Å². The van der Waals surface area contributed by atoms with E-state index in [1.54, 1.807) is 18.2 Å². The van der Waals surface area contributed by atoms with Gasteiger partial charge in [0.15, 0.2) is 0 Å². The van der Waals surface area contributed by atoms with Crippen LogP contribution < -0.4 is 15.4 Å². The van der Waals surface area contributed by atoms with Gasteiger partial charge in [0.1, 0.15) is 17.4 Å². The Kier molecular flexibility index (Phi) is 5.70. The normalized spacial score (nSPS) is 11.7. The van der Waals surface area contributed by atoms with Crippen LogP contribution in [-0.2, 0) is 0 Å². The Morgan fingerprint density at radius 2 is 2.00 bits per heavy atom. The average molecular weight is 336 g/mol. The lowest BCUT2D eigenvalue weighted by Gasteiger charge is -2.15. The molecule has 0 fully saturated rings. The first kappa shape index (κ1) is 17.7. The quantitative estimate of drug-likeness (QED) is 0.785. The van der Waals surface area contributed by atoms with Gasteiger partial charge in [-0.25, -0.2) is 13.6 Å². The van der Waals surface area contributed by atoms with Crippen LogP contribution in [0.1, 0.15) is 17.2 Å². The van der Waals surface area contributed by atoms with Crippen LogP contribution in [0.4, 0.5) is 19.3 Å². The zero-order valence-corrected chi connectivity index (χ0v) is 13.3. The number of aryl methyl sites for hydroxylation is 1. The predicted octanol–water partition coefficient (Wildman–Crippen LogP) is 3.14. The Labute approximate surface area is 138 Å². The second-order valence-electron chi connectivity index (χ2n) is 5.22. The number of amides is 2. The Balaban J connectivity index is 1.95. The highest BCUT2D eigenvalue weighted by Crippen LogP contribution is 2.25. The van der Waals surface area contributed by atoms with Gasteiger partial charge in [0.25, 0.3) is 0 Å². The number of methoxy groups -OCH3 is 1. The number of carbonyl (C=O) groups is 1. The monoisotopic (exact) mass is 336 g/mol. The second-order valence-corrected chi connectivity index (χ2v) is 5.22. The third-order valence-electron chi connectivity index (χ3n) is 3.38. The summed E-state index contributed by atoms with van der Waals surface area (Å²) in [5.74, 6) is -1.11. The molecule has 3 N–H and O–H groups in total. The van der Waals surface area contributed by atoms with Crippen molar-refractivity contribution in [2.45, 2.75) is 13.0 Å². The summed E-state index contributed by atoms with van der Waals surface area (Å²) in [5, 5.41) is 14.9. The van der Waals surface area contributed by atoms with E-state index in [-0.39, 0.29) is 12.1 Å². The van der Waals surface area contributed by atoms with Gasteiger partial charge in [-0.3, -0.25) is 0 Å². The lowest BCUT2D eigenvalue weighted by molar-refractivity contribution is 0.170. The number of rotatable bonds is 5. The molecule has 7 heteroatoms. The zero-order chi connectivity index (χ0) is 17.7. The first-order valence-electron chi connectivity index (χ1n) is 7.23. The number of halogens is 2. The van der Waals surface area contributed by atoms with E-state index in [2.05, 4.69) is 10.6 Å². The van der Waals surface area contributed by atoms with E-state index < -0.39 is 23.8 Å². The minimum absolute atomic E-state index is 0.0929. The topological polar surface area (TPSA) is 70.6 Å². The highest BCUT2D eigenvalue weighted by molar-refractivity contribution is 5.91. The Morgan fingerprint density at radius 1 is 1.25 bits per heavy atom. The number of ether oxygens (including phenoxy) is 1. The van der Waals surface area contributed by atoms with Crippen LogP contribution in [0.25, 0.3) is 0 Å². The van der Waals surface area contributed by atoms with Gasteiger partial charge in [-0.05, 0) is 30.7 Å². The molecular formula is C17H18F2N2O3. The third kappa shape index (κ3) is 4.42. The molecule has 1 atom stereocenters. The van der Waals surface area contributed by atoms with Crippen LogP contribution in [-0.4, -0.2) is 24.8 Å². The van der Waals surface area contributed by atoms with Crippen molar-refractivity contribution in [3.63, 3.8) is 0 Å². The van der Waals surface area contributed by atoms with Crippen molar-refractivity contribution in [3.8, 4) is 5.75 Å².